The van der Waals surface area contributed by atoms with Crippen molar-refractivity contribution in [3.05, 3.63) is 78.4 Å². The zero-order chi connectivity index (χ0) is 23.8. The molecule has 0 fully saturated rings. The predicted octanol–water partition coefficient (Wildman–Crippen LogP) is 6.06. The van der Waals surface area contributed by atoms with E-state index in [9.17, 15) is 9.59 Å². The van der Waals surface area contributed by atoms with E-state index < -0.39 is 5.25 Å². The molecule has 1 heterocycles. The van der Waals surface area contributed by atoms with Crippen molar-refractivity contribution in [3.8, 4) is 11.5 Å². The summed E-state index contributed by atoms with van der Waals surface area (Å²) in [6.07, 6.45) is 2.33. The van der Waals surface area contributed by atoms with Crippen LogP contribution in [0.1, 0.15) is 37.0 Å². The lowest BCUT2D eigenvalue weighted by molar-refractivity contribution is -0.116. The molecule has 2 N–H and O–H groups in total. The minimum Gasteiger partial charge on any atom is -0.486 e. The lowest BCUT2D eigenvalue weighted by Crippen LogP contribution is -2.20. The normalized spacial score (nSPS) is 13.1. The highest BCUT2D eigenvalue weighted by molar-refractivity contribution is 8.00. The molecule has 1 unspecified atom stereocenters. The van der Waals surface area contributed by atoms with E-state index in [-0.39, 0.29) is 11.8 Å². The second kappa shape index (κ2) is 11.6. The molecule has 7 heteroatoms. The molecule has 0 saturated heterocycles. The van der Waals surface area contributed by atoms with Crippen molar-refractivity contribution in [2.45, 2.75) is 36.3 Å². The number of hydrogen-bond acceptors (Lipinski definition) is 5. The standard InChI is InChI=1S/C27H28N2O4S/c1-2-3-12-25(30)28-20-10-7-11-22(17-20)34-26(19-8-5-4-6-9-19)27(31)29-21-13-14-23-24(18-21)33-16-15-32-23/h4-11,13-14,17-18,26H,2-3,12,15-16H2,1H3,(H,28,30)(H,29,31). The van der Waals surface area contributed by atoms with Crippen LogP contribution in [-0.2, 0) is 9.59 Å². The minimum atomic E-state index is -0.486. The first-order valence-electron chi connectivity index (χ1n) is 11.4. The van der Waals surface area contributed by atoms with Crippen molar-refractivity contribution in [2.75, 3.05) is 23.8 Å². The smallest absolute Gasteiger partial charge is 0.242 e. The van der Waals surface area contributed by atoms with Gasteiger partial charge in [0.15, 0.2) is 11.5 Å². The Balaban J connectivity index is 1.51. The number of unbranched alkanes of at least 4 members (excludes halogenated alkanes) is 1. The van der Waals surface area contributed by atoms with E-state index in [0.717, 1.165) is 29.0 Å². The minimum absolute atomic E-state index is 0.0000365. The van der Waals surface area contributed by atoms with Crippen LogP contribution in [0, 0.1) is 0 Å². The fourth-order valence-electron chi connectivity index (χ4n) is 3.57. The van der Waals surface area contributed by atoms with E-state index >= 15 is 0 Å². The van der Waals surface area contributed by atoms with Crippen molar-refractivity contribution in [2.24, 2.45) is 0 Å². The molecule has 1 atom stereocenters. The third-order valence-corrected chi connectivity index (χ3v) is 6.53. The van der Waals surface area contributed by atoms with E-state index in [0.29, 0.717) is 36.8 Å². The number of carbonyl (C=O) groups is 2. The number of carbonyl (C=O) groups excluding carboxylic acids is 2. The molecule has 34 heavy (non-hydrogen) atoms. The Morgan fingerprint density at radius 3 is 2.44 bits per heavy atom. The molecule has 1 aliphatic heterocycles. The van der Waals surface area contributed by atoms with Crippen molar-refractivity contribution in [1.29, 1.82) is 0 Å². The summed E-state index contributed by atoms with van der Waals surface area (Å²) in [6, 6.07) is 22.6. The monoisotopic (exact) mass is 476 g/mol. The zero-order valence-electron chi connectivity index (χ0n) is 19.1. The number of benzene rings is 3. The van der Waals surface area contributed by atoms with Gasteiger partial charge in [-0.2, -0.15) is 0 Å². The summed E-state index contributed by atoms with van der Waals surface area (Å²) in [5.74, 6) is 1.15. The van der Waals surface area contributed by atoms with Gasteiger partial charge in [0.2, 0.25) is 11.8 Å². The summed E-state index contributed by atoms with van der Waals surface area (Å²) in [6.45, 7) is 3.06. The summed E-state index contributed by atoms with van der Waals surface area (Å²) in [5.41, 5.74) is 2.26. The Hall–Kier alpha value is -3.45. The van der Waals surface area contributed by atoms with Crippen molar-refractivity contribution < 1.29 is 19.1 Å². The van der Waals surface area contributed by atoms with Gasteiger partial charge in [-0.1, -0.05) is 49.7 Å². The van der Waals surface area contributed by atoms with Crippen LogP contribution in [0.3, 0.4) is 0 Å². The first kappa shape index (κ1) is 23.7. The molecule has 0 aromatic heterocycles. The van der Waals surface area contributed by atoms with Crippen LogP contribution < -0.4 is 20.1 Å². The number of fused-ring (bicyclic) bond motifs is 1. The lowest BCUT2D eigenvalue weighted by Gasteiger charge is -2.20. The Kier molecular flexibility index (Phi) is 8.09. The molecule has 1 aliphatic rings. The Morgan fingerprint density at radius 1 is 0.882 bits per heavy atom. The van der Waals surface area contributed by atoms with Crippen LogP contribution in [0.5, 0.6) is 11.5 Å². The fourth-order valence-corrected chi connectivity index (χ4v) is 4.66. The molecule has 0 saturated carbocycles. The quantitative estimate of drug-likeness (QED) is 0.367. The van der Waals surface area contributed by atoms with E-state index in [2.05, 4.69) is 17.6 Å². The number of anilines is 2. The summed E-state index contributed by atoms with van der Waals surface area (Å²) in [7, 11) is 0. The van der Waals surface area contributed by atoms with Gasteiger partial charge in [0.25, 0.3) is 0 Å². The summed E-state index contributed by atoms with van der Waals surface area (Å²) in [4.78, 5) is 26.4. The van der Waals surface area contributed by atoms with Gasteiger partial charge >= 0.3 is 0 Å². The van der Waals surface area contributed by atoms with Crippen LogP contribution in [0.15, 0.2) is 77.7 Å². The van der Waals surface area contributed by atoms with Gasteiger partial charge in [0.1, 0.15) is 18.5 Å². The third kappa shape index (κ3) is 6.32. The van der Waals surface area contributed by atoms with Crippen molar-refractivity contribution >= 4 is 35.0 Å². The first-order valence-corrected chi connectivity index (χ1v) is 12.3. The van der Waals surface area contributed by atoms with Crippen LogP contribution in [0.4, 0.5) is 11.4 Å². The molecule has 0 radical (unpaired) electrons. The predicted molar refractivity (Wildman–Crippen MR) is 136 cm³/mol. The second-order valence-corrected chi connectivity index (χ2v) is 9.11. The van der Waals surface area contributed by atoms with Crippen molar-refractivity contribution in [1.82, 2.24) is 0 Å². The van der Waals surface area contributed by atoms with E-state index in [4.69, 9.17) is 9.47 Å². The molecular weight excluding hydrogens is 448 g/mol. The maximum atomic E-state index is 13.4. The molecule has 3 aromatic carbocycles. The number of ether oxygens (including phenoxy) is 2. The Bertz CT molecular complexity index is 1140. The third-order valence-electron chi connectivity index (χ3n) is 5.28. The average Bonchev–Trinajstić information content (AvgIpc) is 2.86. The van der Waals surface area contributed by atoms with Gasteiger partial charge in [0.05, 0.1) is 0 Å². The number of thioether (sulfide) groups is 1. The second-order valence-electron chi connectivity index (χ2n) is 7.94. The first-order chi connectivity index (χ1) is 16.6. The number of amides is 2. The Morgan fingerprint density at radius 2 is 1.65 bits per heavy atom. The average molecular weight is 477 g/mol. The molecule has 2 amide bonds. The Labute approximate surface area is 204 Å². The largest absolute Gasteiger partial charge is 0.486 e. The maximum absolute atomic E-state index is 13.4. The van der Waals surface area contributed by atoms with Gasteiger partial charge in [-0.25, -0.2) is 0 Å². The lowest BCUT2D eigenvalue weighted by atomic mass is 10.1. The van der Waals surface area contributed by atoms with Gasteiger partial charge in [-0.05, 0) is 42.3 Å². The molecule has 0 spiro atoms. The number of nitrogens with one attached hydrogen (secondary N) is 2. The molecular formula is C27H28N2O4S. The van der Waals surface area contributed by atoms with Gasteiger partial charge < -0.3 is 20.1 Å². The molecule has 0 bridgehead atoms. The maximum Gasteiger partial charge on any atom is 0.242 e. The van der Waals surface area contributed by atoms with Gasteiger partial charge in [-0.3, -0.25) is 9.59 Å². The van der Waals surface area contributed by atoms with Crippen molar-refractivity contribution in [3.63, 3.8) is 0 Å². The molecule has 6 nitrogen and oxygen atoms in total. The summed E-state index contributed by atoms with van der Waals surface area (Å²) < 4.78 is 11.2. The molecule has 176 valence electrons. The van der Waals surface area contributed by atoms with Gasteiger partial charge in [-0.15, -0.1) is 11.8 Å². The number of hydrogen-bond donors (Lipinski definition) is 2. The number of rotatable bonds is 9. The van der Waals surface area contributed by atoms with Crippen LogP contribution in [0.25, 0.3) is 0 Å². The van der Waals surface area contributed by atoms with E-state index in [1.807, 2.05) is 60.7 Å². The highest BCUT2D eigenvalue weighted by Crippen LogP contribution is 2.38. The summed E-state index contributed by atoms with van der Waals surface area (Å²) >= 11 is 1.44. The molecule has 0 aliphatic carbocycles. The topological polar surface area (TPSA) is 76.7 Å². The molecule has 3 aromatic rings. The highest BCUT2D eigenvalue weighted by Gasteiger charge is 2.23. The summed E-state index contributed by atoms with van der Waals surface area (Å²) in [5, 5.41) is 5.48. The van der Waals surface area contributed by atoms with E-state index in [1.165, 1.54) is 11.8 Å². The zero-order valence-corrected chi connectivity index (χ0v) is 19.9. The van der Waals surface area contributed by atoms with Crippen LogP contribution in [0.2, 0.25) is 0 Å². The molecule has 4 rings (SSSR count). The highest BCUT2D eigenvalue weighted by atomic mass is 32.2. The SMILES string of the molecule is CCCCC(=O)Nc1cccc(SC(C(=O)Nc2ccc3c(c2)OCCO3)c2ccccc2)c1. The van der Waals surface area contributed by atoms with E-state index in [1.54, 1.807) is 12.1 Å². The van der Waals surface area contributed by atoms with Crippen LogP contribution in [-0.4, -0.2) is 25.0 Å². The van der Waals surface area contributed by atoms with Gasteiger partial charge in [0, 0.05) is 28.8 Å². The van der Waals surface area contributed by atoms with Crippen LogP contribution >= 0.6 is 11.8 Å². The fraction of sp³-hybridized carbons (Fsp3) is 0.259.